The van der Waals surface area contributed by atoms with Crippen molar-refractivity contribution in [1.82, 2.24) is 14.9 Å². The van der Waals surface area contributed by atoms with E-state index in [1.165, 1.54) is 0 Å². The summed E-state index contributed by atoms with van der Waals surface area (Å²) in [5.41, 5.74) is 2.39. The standard InChI is InChI=1S/C20H20BrN3O2/c1-13(14(2)25)24-18-9-4-3-8-17(18)23-19(24)10-11-22-20(26)15-6-5-7-16(21)12-15/h3-9,12-13H,10-11H2,1-2H3,(H,22,26). The summed E-state index contributed by atoms with van der Waals surface area (Å²) in [6, 6.07) is 14.7. The molecular formula is C20H20BrN3O2. The number of ketones is 1. The minimum absolute atomic E-state index is 0.0765. The summed E-state index contributed by atoms with van der Waals surface area (Å²) in [5, 5.41) is 2.92. The second-order valence-corrected chi connectivity index (χ2v) is 7.11. The fourth-order valence-electron chi connectivity index (χ4n) is 2.90. The Morgan fingerprint density at radius 1 is 1.19 bits per heavy atom. The van der Waals surface area contributed by atoms with Crippen molar-refractivity contribution < 1.29 is 9.59 Å². The zero-order valence-electron chi connectivity index (χ0n) is 14.7. The number of nitrogens with zero attached hydrogens (tertiary/aromatic N) is 2. The van der Waals surface area contributed by atoms with Crippen LogP contribution in [0, 0.1) is 0 Å². The molecule has 0 aliphatic heterocycles. The van der Waals surface area contributed by atoms with Crippen molar-refractivity contribution >= 4 is 38.7 Å². The average Bonchev–Trinajstić information content (AvgIpc) is 2.99. The second-order valence-electron chi connectivity index (χ2n) is 6.19. The van der Waals surface area contributed by atoms with Gasteiger partial charge in [-0.25, -0.2) is 4.98 Å². The molecule has 1 aromatic heterocycles. The molecular weight excluding hydrogens is 394 g/mol. The third-order valence-electron chi connectivity index (χ3n) is 4.37. The van der Waals surface area contributed by atoms with Crippen LogP contribution in [-0.2, 0) is 11.2 Å². The number of aromatic nitrogens is 2. The van der Waals surface area contributed by atoms with E-state index in [2.05, 4.69) is 26.2 Å². The molecule has 2 aromatic carbocycles. The predicted molar refractivity (Wildman–Crippen MR) is 105 cm³/mol. The van der Waals surface area contributed by atoms with Gasteiger partial charge in [-0.1, -0.05) is 34.1 Å². The zero-order valence-corrected chi connectivity index (χ0v) is 16.3. The maximum absolute atomic E-state index is 12.3. The lowest BCUT2D eigenvalue weighted by Gasteiger charge is -2.15. The topological polar surface area (TPSA) is 64.0 Å². The first-order valence-corrected chi connectivity index (χ1v) is 9.26. The Morgan fingerprint density at radius 3 is 2.69 bits per heavy atom. The van der Waals surface area contributed by atoms with Gasteiger partial charge in [-0.15, -0.1) is 0 Å². The van der Waals surface area contributed by atoms with Crippen molar-refractivity contribution in [3.63, 3.8) is 0 Å². The molecule has 26 heavy (non-hydrogen) atoms. The molecule has 0 aliphatic rings. The molecule has 1 N–H and O–H groups in total. The average molecular weight is 414 g/mol. The Labute approximate surface area is 160 Å². The summed E-state index contributed by atoms with van der Waals surface area (Å²) in [6.45, 7) is 3.90. The molecule has 134 valence electrons. The number of carbonyl (C=O) groups is 2. The van der Waals surface area contributed by atoms with Crippen molar-refractivity contribution in [3.05, 3.63) is 64.4 Å². The third-order valence-corrected chi connectivity index (χ3v) is 4.86. The van der Waals surface area contributed by atoms with Crippen molar-refractivity contribution in [2.75, 3.05) is 6.54 Å². The molecule has 6 heteroatoms. The van der Waals surface area contributed by atoms with E-state index in [9.17, 15) is 9.59 Å². The Balaban J connectivity index is 1.77. The van der Waals surface area contributed by atoms with Gasteiger partial charge in [0.05, 0.1) is 17.1 Å². The number of para-hydroxylation sites is 2. The van der Waals surface area contributed by atoms with Gasteiger partial charge in [0, 0.05) is 23.0 Å². The van der Waals surface area contributed by atoms with Crippen molar-refractivity contribution in [3.8, 4) is 0 Å². The van der Waals surface area contributed by atoms with Crippen LogP contribution in [0.5, 0.6) is 0 Å². The van der Waals surface area contributed by atoms with Gasteiger partial charge in [0.2, 0.25) is 0 Å². The molecule has 1 atom stereocenters. The van der Waals surface area contributed by atoms with Crippen LogP contribution >= 0.6 is 15.9 Å². The number of Topliss-reactive ketones (excluding diaryl/α,β-unsaturated/α-hetero) is 1. The van der Waals surface area contributed by atoms with Crippen LogP contribution in [0.25, 0.3) is 11.0 Å². The van der Waals surface area contributed by atoms with Gasteiger partial charge in [0.25, 0.3) is 5.91 Å². The summed E-state index contributed by atoms with van der Waals surface area (Å²) in [6.07, 6.45) is 0.548. The molecule has 0 saturated carbocycles. The summed E-state index contributed by atoms with van der Waals surface area (Å²) in [4.78, 5) is 28.8. The zero-order chi connectivity index (χ0) is 18.7. The number of hydrogen-bond donors (Lipinski definition) is 1. The fraction of sp³-hybridized carbons (Fsp3) is 0.250. The molecule has 0 bridgehead atoms. The van der Waals surface area contributed by atoms with Gasteiger partial charge in [-0.3, -0.25) is 9.59 Å². The normalized spacial score (nSPS) is 12.1. The van der Waals surface area contributed by atoms with Crippen molar-refractivity contribution in [2.24, 2.45) is 0 Å². The van der Waals surface area contributed by atoms with Gasteiger partial charge in [-0.2, -0.15) is 0 Å². The van der Waals surface area contributed by atoms with E-state index in [4.69, 9.17) is 0 Å². The highest BCUT2D eigenvalue weighted by Gasteiger charge is 2.18. The highest BCUT2D eigenvalue weighted by atomic mass is 79.9. The number of halogens is 1. The first-order valence-electron chi connectivity index (χ1n) is 8.47. The summed E-state index contributed by atoms with van der Waals surface area (Å²) in [5.74, 6) is 0.740. The Hall–Kier alpha value is -2.47. The number of imidazole rings is 1. The number of hydrogen-bond acceptors (Lipinski definition) is 3. The molecule has 3 rings (SSSR count). The molecule has 0 radical (unpaired) electrons. The number of fused-ring (bicyclic) bond motifs is 1. The first kappa shape index (κ1) is 18.3. The van der Waals surface area contributed by atoms with Gasteiger partial charge in [-0.05, 0) is 44.2 Å². The summed E-state index contributed by atoms with van der Waals surface area (Å²) in [7, 11) is 0. The Morgan fingerprint density at radius 2 is 1.96 bits per heavy atom. The SMILES string of the molecule is CC(=O)C(C)n1c(CCNC(=O)c2cccc(Br)c2)nc2ccccc21. The maximum atomic E-state index is 12.3. The van der Waals surface area contributed by atoms with E-state index in [-0.39, 0.29) is 17.7 Å². The van der Waals surface area contributed by atoms with Gasteiger partial charge >= 0.3 is 0 Å². The molecule has 0 aliphatic carbocycles. The summed E-state index contributed by atoms with van der Waals surface area (Å²) >= 11 is 3.37. The number of amides is 1. The molecule has 0 saturated heterocycles. The van der Waals surface area contributed by atoms with Crippen molar-refractivity contribution in [2.45, 2.75) is 26.3 Å². The van der Waals surface area contributed by atoms with E-state index >= 15 is 0 Å². The first-order chi connectivity index (χ1) is 12.5. The fourth-order valence-corrected chi connectivity index (χ4v) is 3.30. The maximum Gasteiger partial charge on any atom is 0.251 e. The van der Waals surface area contributed by atoms with E-state index in [1.807, 2.05) is 47.9 Å². The minimum Gasteiger partial charge on any atom is -0.352 e. The molecule has 1 amide bonds. The predicted octanol–water partition coefficient (Wildman–Crippen LogP) is 3.92. The van der Waals surface area contributed by atoms with Crippen LogP contribution < -0.4 is 5.32 Å². The van der Waals surface area contributed by atoms with Gasteiger partial charge in [0.15, 0.2) is 5.78 Å². The second kappa shape index (κ2) is 7.83. The van der Waals surface area contributed by atoms with Crippen molar-refractivity contribution in [1.29, 1.82) is 0 Å². The highest BCUT2D eigenvalue weighted by molar-refractivity contribution is 9.10. The Bertz CT molecular complexity index is 965. The van der Waals surface area contributed by atoms with E-state index in [1.54, 1.807) is 19.1 Å². The molecule has 5 nitrogen and oxygen atoms in total. The van der Waals surface area contributed by atoms with E-state index < -0.39 is 0 Å². The number of rotatable bonds is 6. The Kier molecular flexibility index (Phi) is 5.52. The number of benzene rings is 2. The number of carbonyl (C=O) groups excluding carboxylic acids is 2. The van der Waals surface area contributed by atoms with Crippen LogP contribution in [0.3, 0.4) is 0 Å². The molecule has 0 spiro atoms. The molecule has 1 heterocycles. The third kappa shape index (κ3) is 3.85. The lowest BCUT2D eigenvalue weighted by Crippen LogP contribution is -2.27. The minimum atomic E-state index is -0.293. The molecule has 0 fully saturated rings. The lowest BCUT2D eigenvalue weighted by atomic mass is 10.2. The highest BCUT2D eigenvalue weighted by Crippen LogP contribution is 2.22. The monoisotopic (exact) mass is 413 g/mol. The van der Waals surface area contributed by atoms with Crippen LogP contribution in [0.15, 0.2) is 53.0 Å². The van der Waals surface area contributed by atoms with Crippen LogP contribution in [0.2, 0.25) is 0 Å². The largest absolute Gasteiger partial charge is 0.352 e. The van der Waals surface area contributed by atoms with Gasteiger partial charge < -0.3 is 9.88 Å². The van der Waals surface area contributed by atoms with Crippen LogP contribution in [0.1, 0.15) is 36.1 Å². The molecule has 3 aromatic rings. The van der Waals surface area contributed by atoms with Gasteiger partial charge in [0.1, 0.15) is 5.82 Å². The van der Waals surface area contributed by atoms with E-state index in [0.717, 1.165) is 21.3 Å². The quantitative estimate of drug-likeness (QED) is 0.665. The molecule has 1 unspecified atom stereocenters. The van der Waals surface area contributed by atoms with Crippen LogP contribution in [0.4, 0.5) is 0 Å². The number of nitrogens with one attached hydrogen (secondary N) is 1. The smallest absolute Gasteiger partial charge is 0.251 e. The lowest BCUT2D eigenvalue weighted by molar-refractivity contribution is -0.119. The van der Waals surface area contributed by atoms with E-state index in [0.29, 0.717) is 18.5 Å². The van der Waals surface area contributed by atoms with Crippen LogP contribution in [-0.4, -0.2) is 27.8 Å². The summed E-state index contributed by atoms with van der Waals surface area (Å²) < 4.78 is 2.82.